The lowest BCUT2D eigenvalue weighted by atomic mass is 10.3. The van der Waals surface area contributed by atoms with E-state index in [2.05, 4.69) is 15.9 Å². The van der Waals surface area contributed by atoms with Gasteiger partial charge in [-0.2, -0.15) is 5.26 Å². The van der Waals surface area contributed by atoms with E-state index in [1.165, 1.54) is 0 Å². The van der Waals surface area contributed by atoms with Gasteiger partial charge in [0, 0.05) is 0 Å². The van der Waals surface area contributed by atoms with Crippen molar-refractivity contribution in [3.63, 3.8) is 0 Å². The molecule has 0 aromatic carbocycles. The third kappa shape index (κ3) is 2.26. The van der Waals surface area contributed by atoms with Crippen LogP contribution in [0.15, 0.2) is 0 Å². The molecule has 0 aliphatic carbocycles. The lowest BCUT2D eigenvalue weighted by molar-refractivity contribution is 0.104. The van der Waals surface area contributed by atoms with Crippen molar-refractivity contribution in [3.8, 4) is 6.07 Å². The average molecular weight is 180 g/mol. The van der Waals surface area contributed by atoms with Crippen LogP contribution in [0, 0.1) is 11.3 Å². The molecule has 2 N–H and O–H groups in total. The minimum atomic E-state index is -0.972. The van der Waals surface area contributed by atoms with Crippen LogP contribution in [0.25, 0.3) is 0 Å². The van der Waals surface area contributed by atoms with Crippen LogP contribution in [0.5, 0.6) is 0 Å². The molecule has 0 unspecified atom stereocenters. The number of alkyl halides is 1. The van der Waals surface area contributed by atoms with E-state index in [1.54, 1.807) is 6.07 Å². The van der Waals surface area contributed by atoms with E-state index in [0.717, 1.165) is 0 Å². The highest BCUT2D eigenvalue weighted by Gasteiger charge is 2.12. The lowest BCUT2D eigenvalue weighted by Gasteiger charge is -2.04. The van der Waals surface area contributed by atoms with E-state index in [0.29, 0.717) is 0 Å². The van der Waals surface area contributed by atoms with Gasteiger partial charge in [-0.1, -0.05) is 15.9 Å². The van der Waals surface area contributed by atoms with Gasteiger partial charge in [-0.25, -0.2) is 0 Å². The zero-order valence-corrected chi connectivity index (χ0v) is 5.67. The molecule has 0 radical (unpaired) electrons. The van der Waals surface area contributed by atoms with Crippen LogP contribution in [-0.4, -0.2) is 27.8 Å². The molecule has 0 heterocycles. The van der Waals surface area contributed by atoms with Gasteiger partial charge in [0.25, 0.3) is 0 Å². The molecule has 3 nitrogen and oxygen atoms in total. The Balaban J connectivity index is 3.49. The first-order chi connectivity index (χ1) is 3.72. The molecule has 0 bridgehead atoms. The molecule has 0 aromatic rings. The molecule has 0 spiro atoms. The largest absolute Gasteiger partial charge is 0.394 e. The monoisotopic (exact) mass is 179 g/mol. The molecule has 0 aliphatic heterocycles. The van der Waals surface area contributed by atoms with Gasteiger partial charge in [-0.05, 0) is 0 Å². The lowest BCUT2D eigenvalue weighted by Crippen LogP contribution is -2.22. The van der Waals surface area contributed by atoms with Crippen LogP contribution in [0.4, 0.5) is 0 Å². The predicted molar refractivity (Wildman–Crippen MR) is 31.4 cm³/mol. The maximum Gasteiger partial charge on any atom is 0.129 e. The Hall–Kier alpha value is -0.110. The fourth-order valence-corrected chi connectivity index (χ4v) is 0.346. The van der Waals surface area contributed by atoms with Gasteiger partial charge in [0.05, 0.1) is 12.7 Å². The molecular weight excluding hydrogens is 174 g/mol. The fraction of sp³-hybridized carbons (Fsp3) is 0.750. The van der Waals surface area contributed by atoms with Crippen LogP contribution in [0.2, 0.25) is 0 Å². The normalized spacial score (nSPS) is 16.8. The second-order valence-corrected chi connectivity index (χ2v) is 2.27. The first-order valence-electron chi connectivity index (χ1n) is 2.05. The number of hydrogen-bond acceptors (Lipinski definition) is 3. The SMILES string of the molecule is N#C[C@@H](Br)[C@@H](O)CO. The number of halogens is 1. The summed E-state index contributed by atoms with van der Waals surface area (Å²) >= 11 is 2.83. The van der Waals surface area contributed by atoms with Gasteiger partial charge in [0.2, 0.25) is 0 Å². The summed E-state index contributed by atoms with van der Waals surface area (Å²) in [4.78, 5) is -0.660. The highest BCUT2D eigenvalue weighted by atomic mass is 79.9. The van der Waals surface area contributed by atoms with Gasteiger partial charge in [-0.3, -0.25) is 0 Å². The van der Waals surface area contributed by atoms with E-state index < -0.39 is 10.9 Å². The molecule has 4 heteroatoms. The predicted octanol–water partition coefficient (Wildman–Crippen LogP) is -0.373. The number of rotatable bonds is 2. The third-order valence-corrected chi connectivity index (χ3v) is 1.46. The molecule has 0 rings (SSSR count). The van der Waals surface area contributed by atoms with Crippen molar-refractivity contribution in [2.75, 3.05) is 6.61 Å². The maximum atomic E-state index is 8.61. The van der Waals surface area contributed by atoms with Gasteiger partial charge in [-0.15, -0.1) is 0 Å². The molecule has 2 atom stereocenters. The highest BCUT2D eigenvalue weighted by molar-refractivity contribution is 9.09. The van der Waals surface area contributed by atoms with Crippen LogP contribution >= 0.6 is 15.9 Å². The molecule has 8 heavy (non-hydrogen) atoms. The molecule has 0 aromatic heterocycles. The van der Waals surface area contributed by atoms with Crippen molar-refractivity contribution in [3.05, 3.63) is 0 Å². The molecule has 0 saturated heterocycles. The van der Waals surface area contributed by atoms with Crippen molar-refractivity contribution in [2.24, 2.45) is 0 Å². The Bertz CT molecular complexity index is 101. The Morgan fingerprint density at radius 1 is 1.75 bits per heavy atom. The quantitative estimate of drug-likeness (QED) is 0.569. The summed E-state index contributed by atoms with van der Waals surface area (Å²) in [6, 6.07) is 1.72. The van der Waals surface area contributed by atoms with E-state index in [9.17, 15) is 0 Å². The Labute approximate surface area is 55.7 Å². The van der Waals surface area contributed by atoms with Crippen molar-refractivity contribution < 1.29 is 10.2 Å². The van der Waals surface area contributed by atoms with E-state index in [-0.39, 0.29) is 6.61 Å². The summed E-state index contributed by atoms with van der Waals surface area (Å²) in [6.45, 7) is -0.385. The molecule has 0 aliphatic rings. The Morgan fingerprint density at radius 3 is 2.38 bits per heavy atom. The first kappa shape index (κ1) is 7.89. The van der Waals surface area contributed by atoms with Crippen molar-refractivity contribution >= 4 is 15.9 Å². The summed E-state index contributed by atoms with van der Waals surface area (Å²) in [5.74, 6) is 0. The fourth-order valence-electron chi connectivity index (χ4n) is 0.179. The Kier molecular flexibility index (Phi) is 3.79. The van der Waals surface area contributed by atoms with Crippen molar-refractivity contribution in [2.45, 2.75) is 10.9 Å². The topological polar surface area (TPSA) is 64.2 Å². The number of nitriles is 1. The number of nitrogens with zero attached hydrogens (tertiary/aromatic N) is 1. The summed E-state index contributed by atoms with van der Waals surface area (Å²) in [6.07, 6.45) is -0.972. The zero-order valence-electron chi connectivity index (χ0n) is 4.08. The second-order valence-electron chi connectivity index (χ2n) is 1.28. The summed E-state index contributed by atoms with van der Waals surface area (Å²) in [5, 5.41) is 24.9. The first-order valence-corrected chi connectivity index (χ1v) is 2.96. The minimum Gasteiger partial charge on any atom is -0.394 e. The third-order valence-electron chi connectivity index (χ3n) is 0.648. The average Bonchev–Trinajstić information content (AvgIpc) is 1.84. The zero-order chi connectivity index (χ0) is 6.57. The van der Waals surface area contributed by atoms with Gasteiger partial charge >= 0.3 is 0 Å². The summed E-state index contributed by atoms with van der Waals surface area (Å²) in [5.41, 5.74) is 0. The van der Waals surface area contributed by atoms with Crippen molar-refractivity contribution in [1.82, 2.24) is 0 Å². The van der Waals surface area contributed by atoms with E-state index in [4.69, 9.17) is 15.5 Å². The molecule has 0 saturated carbocycles. The molecule has 46 valence electrons. The Morgan fingerprint density at radius 2 is 2.25 bits per heavy atom. The second kappa shape index (κ2) is 3.84. The van der Waals surface area contributed by atoms with Crippen LogP contribution < -0.4 is 0 Å². The summed E-state index contributed by atoms with van der Waals surface area (Å²) in [7, 11) is 0. The van der Waals surface area contributed by atoms with Gasteiger partial charge in [0.15, 0.2) is 0 Å². The smallest absolute Gasteiger partial charge is 0.129 e. The van der Waals surface area contributed by atoms with Gasteiger partial charge in [0.1, 0.15) is 10.9 Å². The van der Waals surface area contributed by atoms with Crippen LogP contribution in [0.3, 0.4) is 0 Å². The van der Waals surface area contributed by atoms with Crippen molar-refractivity contribution in [1.29, 1.82) is 5.26 Å². The van der Waals surface area contributed by atoms with Crippen LogP contribution in [-0.2, 0) is 0 Å². The standard InChI is InChI=1S/C4H6BrNO2/c5-3(1-6)4(8)2-7/h3-4,7-8H,2H2/t3-,4+/m1/s1. The highest BCUT2D eigenvalue weighted by Crippen LogP contribution is 2.02. The molecule has 0 amide bonds. The van der Waals surface area contributed by atoms with Crippen LogP contribution in [0.1, 0.15) is 0 Å². The van der Waals surface area contributed by atoms with E-state index in [1.807, 2.05) is 0 Å². The maximum absolute atomic E-state index is 8.61. The number of hydrogen-bond donors (Lipinski definition) is 2. The van der Waals surface area contributed by atoms with E-state index >= 15 is 0 Å². The minimum absolute atomic E-state index is 0.385. The number of aliphatic hydroxyl groups is 2. The van der Waals surface area contributed by atoms with Gasteiger partial charge < -0.3 is 10.2 Å². The number of aliphatic hydroxyl groups excluding tert-OH is 2. The molecular formula is C4H6BrNO2. The summed E-state index contributed by atoms with van der Waals surface area (Å²) < 4.78 is 0. The molecule has 0 fully saturated rings.